The van der Waals surface area contributed by atoms with E-state index in [1.165, 1.54) is 40.8 Å². The second kappa shape index (κ2) is 8.79. The SMILES string of the molecule is Cc1c(F)cccc1NC(=O)Cn1nc(COc2ccc3c(c2)CCCC3)oc1=S. The average Bonchev–Trinajstić information content (AvgIpc) is 3.09. The van der Waals surface area contributed by atoms with Crippen molar-refractivity contribution >= 4 is 23.8 Å². The van der Waals surface area contributed by atoms with E-state index in [0.29, 0.717) is 11.3 Å². The number of ether oxygens (including phenoxy) is 1. The van der Waals surface area contributed by atoms with Gasteiger partial charge < -0.3 is 14.5 Å². The van der Waals surface area contributed by atoms with Crippen LogP contribution in [0.4, 0.5) is 10.1 Å². The summed E-state index contributed by atoms with van der Waals surface area (Å²) in [5.41, 5.74) is 3.49. The molecular weight excluding hydrogens is 405 g/mol. The van der Waals surface area contributed by atoms with Crippen LogP contribution in [0.2, 0.25) is 0 Å². The number of anilines is 1. The van der Waals surface area contributed by atoms with Gasteiger partial charge in [0.1, 0.15) is 18.1 Å². The van der Waals surface area contributed by atoms with Gasteiger partial charge in [0, 0.05) is 11.3 Å². The highest BCUT2D eigenvalue weighted by atomic mass is 32.1. The number of carbonyl (C=O) groups is 1. The molecule has 0 atom stereocenters. The molecule has 1 N–H and O–H groups in total. The number of rotatable bonds is 6. The normalized spacial score (nSPS) is 13.0. The summed E-state index contributed by atoms with van der Waals surface area (Å²) in [4.78, 5) is 12.4. The van der Waals surface area contributed by atoms with Crippen LogP contribution < -0.4 is 10.1 Å². The van der Waals surface area contributed by atoms with Gasteiger partial charge in [-0.2, -0.15) is 0 Å². The van der Waals surface area contributed by atoms with Gasteiger partial charge in [0.05, 0.1) is 0 Å². The molecule has 0 spiro atoms. The molecule has 6 nitrogen and oxygen atoms in total. The Kier molecular flexibility index (Phi) is 5.94. The summed E-state index contributed by atoms with van der Waals surface area (Å²) in [7, 11) is 0. The highest BCUT2D eigenvalue weighted by Gasteiger charge is 2.14. The highest BCUT2D eigenvalue weighted by molar-refractivity contribution is 7.71. The molecule has 0 radical (unpaired) electrons. The first kappa shape index (κ1) is 20.3. The number of halogens is 1. The Labute approximate surface area is 178 Å². The van der Waals surface area contributed by atoms with E-state index in [2.05, 4.69) is 22.5 Å². The molecule has 156 valence electrons. The van der Waals surface area contributed by atoms with E-state index in [1.807, 2.05) is 6.07 Å². The lowest BCUT2D eigenvalue weighted by Gasteiger charge is -2.16. The minimum atomic E-state index is -0.382. The van der Waals surface area contributed by atoms with Crippen molar-refractivity contribution in [2.75, 3.05) is 5.32 Å². The predicted octanol–water partition coefficient (Wildman–Crippen LogP) is 4.75. The van der Waals surface area contributed by atoms with Gasteiger partial charge in [0.2, 0.25) is 5.91 Å². The number of carbonyl (C=O) groups excluding carboxylic acids is 1. The van der Waals surface area contributed by atoms with Crippen molar-refractivity contribution < 1.29 is 18.3 Å². The van der Waals surface area contributed by atoms with Crippen molar-refractivity contribution in [1.29, 1.82) is 0 Å². The average molecular weight is 428 g/mol. The summed E-state index contributed by atoms with van der Waals surface area (Å²) >= 11 is 5.15. The zero-order valence-electron chi connectivity index (χ0n) is 16.6. The molecule has 0 unspecified atom stereocenters. The van der Waals surface area contributed by atoms with Gasteiger partial charge in [-0.05, 0) is 80.2 Å². The van der Waals surface area contributed by atoms with Gasteiger partial charge in [0.25, 0.3) is 10.7 Å². The zero-order valence-corrected chi connectivity index (χ0v) is 17.4. The monoisotopic (exact) mass is 427 g/mol. The number of amides is 1. The van der Waals surface area contributed by atoms with Gasteiger partial charge in [-0.15, -0.1) is 5.10 Å². The maximum Gasteiger partial charge on any atom is 0.287 e. The van der Waals surface area contributed by atoms with Crippen molar-refractivity contribution in [1.82, 2.24) is 9.78 Å². The second-order valence-electron chi connectivity index (χ2n) is 7.31. The molecule has 0 saturated heterocycles. The minimum Gasteiger partial charge on any atom is -0.484 e. The molecule has 2 aromatic carbocycles. The van der Waals surface area contributed by atoms with Crippen molar-refractivity contribution in [3.05, 3.63) is 69.6 Å². The fraction of sp³-hybridized carbons (Fsp3) is 0.318. The summed E-state index contributed by atoms with van der Waals surface area (Å²) in [6.45, 7) is 1.57. The summed E-state index contributed by atoms with van der Waals surface area (Å²) in [5, 5.41) is 6.88. The van der Waals surface area contributed by atoms with E-state index in [9.17, 15) is 9.18 Å². The fourth-order valence-corrected chi connectivity index (χ4v) is 3.72. The van der Waals surface area contributed by atoms with E-state index >= 15 is 0 Å². The predicted molar refractivity (Wildman–Crippen MR) is 113 cm³/mol. The molecule has 1 aliphatic rings. The summed E-state index contributed by atoms with van der Waals surface area (Å²) in [6.07, 6.45) is 4.62. The fourth-order valence-electron chi connectivity index (χ4n) is 3.52. The lowest BCUT2D eigenvalue weighted by atomic mass is 9.92. The van der Waals surface area contributed by atoms with Crippen LogP contribution in [0.3, 0.4) is 0 Å². The van der Waals surface area contributed by atoms with Crippen LogP contribution in [0.25, 0.3) is 0 Å². The highest BCUT2D eigenvalue weighted by Crippen LogP contribution is 2.25. The lowest BCUT2D eigenvalue weighted by Crippen LogP contribution is -2.20. The van der Waals surface area contributed by atoms with E-state index in [1.54, 1.807) is 13.0 Å². The molecule has 0 saturated carbocycles. The molecular formula is C22H22FN3O3S. The molecule has 1 amide bonds. The Morgan fingerprint density at radius 2 is 2.07 bits per heavy atom. The van der Waals surface area contributed by atoms with Crippen LogP contribution in [0.5, 0.6) is 5.75 Å². The van der Waals surface area contributed by atoms with Gasteiger partial charge in [-0.3, -0.25) is 4.79 Å². The van der Waals surface area contributed by atoms with Crippen molar-refractivity contribution in [3.8, 4) is 5.75 Å². The maximum absolute atomic E-state index is 13.6. The topological polar surface area (TPSA) is 69.3 Å². The standard InChI is InChI=1S/C22H22FN3O3S/c1-14-18(23)7-4-8-19(14)24-20(27)12-26-22(30)29-21(25-26)13-28-17-10-9-15-5-2-3-6-16(15)11-17/h4,7-11H,2-3,5-6,12-13H2,1H3,(H,24,27). The molecule has 30 heavy (non-hydrogen) atoms. The number of fused-ring (bicyclic) bond motifs is 1. The van der Waals surface area contributed by atoms with Crippen molar-refractivity contribution in [2.24, 2.45) is 0 Å². The number of nitrogens with one attached hydrogen (secondary N) is 1. The van der Waals surface area contributed by atoms with Crippen LogP contribution in [-0.4, -0.2) is 15.7 Å². The van der Waals surface area contributed by atoms with Crippen LogP contribution in [0, 0.1) is 17.6 Å². The van der Waals surface area contributed by atoms with E-state index in [0.717, 1.165) is 18.6 Å². The van der Waals surface area contributed by atoms with Crippen LogP contribution in [-0.2, 0) is 30.8 Å². The Hall–Kier alpha value is -3.00. The molecule has 1 aromatic heterocycles. The van der Waals surface area contributed by atoms with Crippen LogP contribution in [0.1, 0.15) is 35.4 Å². The zero-order chi connectivity index (χ0) is 21.1. The van der Waals surface area contributed by atoms with Gasteiger partial charge >= 0.3 is 0 Å². The largest absolute Gasteiger partial charge is 0.484 e. The van der Waals surface area contributed by atoms with E-state index in [4.69, 9.17) is 21.4 Å². The molecule has 1 heterocycles. The van der Waals surface area contributed by atoms with Gasteiger partial charge in [-0.1, -0.05) is 12.1 Å². The van der Waals surface area contributed by atoms with Crippen LogP contribution in [0.15, 0.2) is 40.8 Å². The number of aromatic nitrogens is 2. The van der Waals surface area contributed by atoms with E-state index < -0.39 is 0 Å². The van der Waals surface area contributed by atoms with Gasteiger partial charge in [0.15, 0.2) is 6.61 Å². The molecule has 0 aliphatic heterocycles. The molecule has 0 bridgehead atoms. The van der Waals surface area contributed by atoms with E-state index in [-0.39, 0.29) is 35.6 Å². The first-order valence-electron chi connectivity index (χ1n) is 9.86. The molecule has 3 aromatic rings. The Morgan fingerprint density at radius 3 is 2.90 bits per heavy atom. The van der Waals surface area contributed by atoms with Crippen molar-refractivity contribution in [2.45, 2.75) is 45.8 Å². The molecule has 0 fully saturated rings. The van der Waals surface area contributed by atoms with Gasteiger partial charge in [-0.25, -0.2) is 9.07 Å². The number of aryl methyl sites for hydroxylation is 2. The third kappa shape index (κ3) is 4.59. The van der Waals surface area contributed by atoms with Crippen LogP contribution >= 0.6 is 12.2 Å². The minimum absolute atomic E-state index is 0.0742. The molecule has 4 rings (SSSR count). The number of nitrogens with zero attached hydrogens (tertiary/aromatic N) is 2. The Bertz CT molecular complexity index is 1140. The second-order valence-corrected chi connectivity index (χ2v) is 7.66. The first-order valence-corrected chi connectivity index (χ1v) is 10.3. The smallest absolute Gasteiger partial charge is 0.287 e. The summed E-state index contributed by atoms with van der Waals surface area (Å²) in [6, 6.07) is 10.6. The number of hydrogen-bond donors (Lipinski definition) is 1. The maximum atomic E-state index is 13.6. The first-order chi connectivity index (χ1) is 14.5. The molecule has 1 aliphatic carbocycles. The summed E-state index contributed by atoms with van der Waals surface area (Å²) in [5.74, 6) is 0.279. The molecule has 8 heteroatoms. The summed E-state index contributed by atoms with van der Waals surface area (Å²) < 4.78 is 26.2. The Morgan fingerprint density at radius 1 is 1.27 bits per heavy atom. The lowest BCUT2D eigenvalue weighted by molar-refractivity contribution is -0.117. The Balaban J connectivity index is 1.38. The quantitative estimate of drug-likeness (QED) is 0.575. The third-order valence-corrected chi connectivity index (χ3v) is 5.46. The number of hydrogen-bond acceptors (Lipinski definition) is 5. The third-order valence-electron chi connectivity index (χ3n) is 5.17. The number of benzene rings is 2. The van der Waals surface area contributed by atoms with Crippen molar-refractivity contribution in [3.63, 3.8) is 0 Å².